The molecule has 33 heavy (non-hydrogen) atoms. The van der Waals surface area contributed by atoms with Crippen LogP contribution in [-0.4, -0.2) is 43.3 Å². The number of hydrogen-bond donors (Lipinski definition) is 1. The maximum Gasteiger partial charge on any atom is 0.412 e. The molecular weight excluding hydrogens is 440 g/mol. The second kappa shape index (κ2) is 8.37. The fraction of sp³-hybridized carbons (Fsp3) is 0.250. The SMILES string of the molecule is CN(c1ccc2c(c1)nc(-c1ccccc1N(C(=O)O)C(C)(C)C)n2C)c1ccnc(Cl)n1. The zero-order valence-corrected chi connectivity index (χ0v) is 19.9. The summed E-state index contributed by atoms with van der Waals surface area (Å²) in [5.74, 6) is 1.35. The number of para-hydroxylation sites is 1. The number of halogens is 1. The lowest BCUT2D eigenvalue weighted by Crippen LogP contribution is -2.45. The Bertz CT molecular complexity index is 1340. The summed E-state index contributed by atoms with van der Waals surface area (Å²) < 4.78 is 1.97. The minimum absolute atomic E-state index is 0.180. The minimum atomic E-state index is -1.01. The van der Waals surface area contributed by atoms with Gasteiger partial charge in [-0.1, -0.05) is 12.1 Å². The van der Waals surface area contributed by atoms with Gasteiger partial charge in [0.15, 0.2) is 0 Å². The van der Waals surface area contributed by atoms with E-state index in [1.807, 2.05) is 86.8 Å². The predicted molar refractivity (Wildman–Crippen MR) is 132 cm³/mol. The van der Waals surface area contributed by atoms with Crippen molar-refractivity contribution in [2.24, 2.45) is 7.05 Å². The first kappa shape index (κ1) is 22.5. The molecule has 1 N–H and O–H groups in total. The fourth-order valence-electron chi connectivity index (χ4n) is 3.89. The molecule has 0 radical (unpaired) electrons. The number of anilines is 3. The van der Waals surface area contributed by atoms with Crippen LogP contribution >= 0.6 is 11.6 Å². The van der Waals surface area contributed by atoms with Crippen molar-refractivity contribution in [1.82, 2.24) is 19.5 Å². The molecule has 9 heteroatoms. The lowest BCUT2D eigenvalue weighted by molar-refractivity contribution is 0.195. The van der Waals surface area contributed by atoms with Gasteiger partial charge in [0.25, 0.3) is 0 Å². The van der Waals surface area contributed by atoms with E-state index in [2.05, 4.69) is 9.97 Å². The summed E-state index contributed by atoms with van der Waals surface area (Å²) in [5.41, 5.74) is 3.30. The quantitative estimate of drug-likeness (QED) is 0.388. The summed E-state index contributed by atoms with van der Waals surface area (Å²) in [5, 5.41) is 10.1. The van der Waals surface area contributed by atoms with Crippen LogP contribution in [0.15, 0.2) is 54.7 Å². The number of aryl methyl sites for hydroxylation is 1. The Kier molecular flexibility index (Phi) is 5.71. The largest absolute Gasteiger partial charge is 0.465 e. The van der Waals surface area contributed by atoms with Crippen LogP contribution in [0.25, 0.3) is 22.4 Å². The van der Waals surface area contributed by atoms with Gasteiger partial charge in [-0.3, -0.25) is 4.90 Å². The molecule has 8 nitrogen and oxygen atoms in total. The van der Waals surface area contributed by atoms with Crippen LogP contribution in [0.4, 0.5) is 22.0 Å². The third-order valence-electron chi connectivity index (χ3n) is 5.45. The molecule has 0 spiro atoms. The monoisotopic (exact) mass is 464 g/mol. The Hall–Kier alpha value is -3.65. The molecule has 0 bridgehead atoms. The smallest absolute Gasteiger partial charge is 0.412 e. The summed E-state index contributed by atoms with van der Waals surface area (Å²) in [6, 6.07) is 15.2. The zero-order chi connectivity index (χ0) is 23.9. The van der Waals surface area contributed by atoms with Gasteiger partial charge in [0.05, 0.1) is 16.7 Å². The van der Waals surface area contributed by atoms with Crippen molar-refractivity contribution in [3.8, 4) is 11.4 Å². The topological polar surface area (TPSA) is 87.4 Å². The van der Waals surface area contributed by atoms with Crippen molar-refractivity contribution < 1.29 is 9.90 Å². The molecule has 2 heterocycles. The number of benzene rings is 2. The zero-order valence-electron chi connectivity index (χ0n) is 19.1. The molecule has 4 rings (SSSR count). The Labute approximate surface area is 197 Å². The van der Waals surface area contributed by atoms with E-state index in [1.54, 1.807) is 12.3 Å². The maximum absolute atomic E-state index is 12.1. The third kappa shape index (κ3) is 4.21. The van der Waals surface area contributed by atoms with E-state index in [4.69, 9.17) is 16.6 Å². The van der Waals surface area contributed by atoms with Gasteiger partial charge in [-0.25, -0.2) is 19.7 Å². The number of nitrogens with zero attached hydrogens (tertiary/aromatic N) is 6. The molecule has 0 unspecified atom stereocenters. The lowest BCUT2D eigenvalue weighted by atomic mass is 10.0. The summed E-state index contributed by atoms with van der Waals surface area (Å²) in [6.07, 6.45) is 0.597. The highest BCUT2D eigenvalue weighted by Crippen LogP contribution is 2.36. The van der Waals surface area contributed by atoms with Crippen molar-refractivity contribution >= 4 is 45.9 Å². The van der Waals surface area contributed by atoms with Crippen molar-refractivity contribution in [2.45, 2.75) is 26.3 Å². The van der Waals surface area contributed by atoms with E-state index in [0.717, 1.165) is 22.3 Å². The Morgan fingerprint density at radius 2 is 1.82 bits per heavy atom. The molecule has 0 saturated heterocycles. The summed E-state index contributed by atoms with van der Waals surface area (Å²) in [6.45, 7) is 5.61. The number of aromatic nitrogens is 4. The molecule has 2 aromatic heterocycles. The van der Waals surface area contributed by atoms with Crippen LogP contribution in [0.1, 0.15) is 20.8 Å². The molecule has 0 aliphatic heterocycles. The van der Waals surface area contributed by atoms with Gasteiger partial charge in [-0.2, -0.15) is 0 Å². The van der Waals surface area contributed by atoms with Crippen LogP contribution in [0, 0.1) is 0 Å². The Morgan fingerprint density at radius 3 is 2.48 bits per heavy atom. The van der Waals surface area contributed by atoms with Crippen LogP contribution in [0.2, 0.25) is 5.28 Å². The third-order valence-corrected chi connectivity index (χ3v) is 5.64. The van der Waals surface area contributed by atoms with E-state index in [1.165, 1.54) is 4.90 Å². The highest BCUT2D eigenvalue weighted by Gasteiger charge is 2.30. The van der Waals surface area contributed by atoms with E-state index >= 15 is 0 Å². The van der Waals surface area contributed by atoms with E-state index in [9.17, 15) is 9.90 Å². The molecule has 1 amide bonds. The molecule has 4 aromatic rings. The summed E-state index contributed by atoms with van der Waals surface area (Å²) in [4.78, 5) is 28.5. The van der Waals surface area contributed by atoms with Crippen molar-refractivity contribution in [3.63, 3.8) is 0 Å². The van der Waals surface area contributed by atoms with E-state index in [-0.39, 0.29) is 5.28 Å². The van der Waals surface area contributed by atoms with Crippen LogP contribution in [0.3, 0.4) is 0 Å². The second-order valence-corrected chi connectivity index (χ2v) is 9.05. The number of fused-ring (bicyclic) bond motifs is 1. The minimum Gasteiger partial charge on any atom is -0.465 e. The number of rotatable bonds is 4. The van der Waals surface area contributed by atoms with Gasteiger partial charge in [0.1, 0.15) is 11.6 Å². The molecule has 0 saturated carbocycles. The van der Waals surface area contributed by atoms with Gasteiger partial charge in [-0.05, 0) is 68.8 Å². The standard InChI is InChI=1S/C24H25ClN6O2/c1-24(2,3)31(23(32)33)18-9-7-6-8-16(18)21-27-17-14-15(10-11-19(17)30(21)5)29(4)20-12-13-26-22(25)28-20/h6-14H,1-5H3,(H,32,33). The fourth-order valence-corrected chi connectivity index (χ4v) is 4.03. The van der Waals surface area contributed by atoms with Gasteiger partial charge < -0.3 is 14.6 Å². The molecule has 0 aliphatic rings. The normalized spacial score (nSPS) is 11.6. The van der Waals surface area contributed by atoms with Crippen LogP contribution in [-0.2, 0) is 7.05 Å². The van der Waals surface area contributed by atoms with Gasteiger partial charge in [0, 0.05) is 37.1 Å². The van der Waals surface area contributed by atoms with Gasteiger partial charge in [0.2, 0.25) is 5.28 Å². The first-order chi connectivity index (χ1) is 15.6. The number of amides is 1. The average Bonchev–Trinajstić information content (AvgIpc) is 3.08. The molecule has 2 aromatic carbocycles. The average molecular weight is 465 g/mol. The number of carbonyl (C=O) groups is 1. The summed E-state index contributed by atoms with van der Waals surface area (Å²) >= 11 is 5.95. The van der Waals surface area contributed by atoms with E-state index in [0.29, 0.717) is 17.3 Å². The predicted octanol–water partition coefficient (Wildman–Crippen LogP) is 5.73. The molecule has 170 valence electrons. The number of carboxylic acid groups (broad SMARTS) is 1. The van der Waals surface area contributed by atoms with Gasteiger partial charge >= 0.3 is 6.09 Å². The Morgan fingerprint density at radius 1 is 1.09 bits per heavy atom. The molecule has 0 atom stereocenters. The Balaban J connectivity index is 1.83. The second-order valence-electron chi connectivity index (χ2n) is 8.72. The van der Waals surface area contributed by atoms with Crippen molar-refractivity contribution in [2.75, 3.05) is 16.8 Å². The number of imidazole rings is 1. The first-order valence-corrected chi connectivity index (χ1v) is 10.8. The first-order valence-electron chi connectivity index (χ1n) is 10.4. The molecule has 0 aliphatic carbocycles. The highest BCUT2D eigenvalue weighted by atomic mass is 35.5. The highest BCUT2D eigenvalue weighted by molar-refractivity contribution is 6.28. The van der Waals surface area contributed by atoms with Crippen LogP contribution in [0.5, 0.6) is 0 Å². The van der Waals surface area contributed by atoms with E-state index < -0.39 is 11.6 Å². The van der Waals surface area contributed by atoms with Crippen LogP contribution < -0.4 is 9.80 Å². The number of hydrogen-bond acceptors (Lipinski definition) is 5. The van der Waals surface area contributed by atoms with Crippen molar-refractivity contribution in [1.29, 1.82) is 0 Å². The maximum atomic E-state index is 12.1. The molecular formula is C24H25ClN6O2. The van der Waals surface area contributed by atoms with Gasteiger partial charge in [-0.15, -0.1) is 0 Å². The summed E-state index contributed by atoms with van der Waals surface area (Å²) in [7, 11) is 3.82. The van der Waals surface area contributed by atoms with Crippen molar-refractivity contribution in [3.05, 3.63) is 60.0 Å². The lowest BCUT2D eigenvalue weighted by Gasteiger charge is -2.34. The molecule has 0 fully saturated rings.